The highest BCUT2D eigenvalue weighted by Crippen LogP contribution is 2.36. The molecule has 134 valence electrons. The van der Waals surface area contributed by atoms with Gasteiger partial charge in [0.1, 0.15) is 5.82 Å². The average Bonchev–Trinajstić information content (AvgIpc) is 2.54. The molecule has 1 aliphatic rings. The van der Waals surface area contributed by atoms with Crippen LogP contribution in [0.2, 0.25) is 0 Å². The number of hydrogen-bond donors (Lipinski definition) is 1. The zero-order chi connectivity index (χ0) is 17.9. The van der Waals surface area contributed by atoms with Crippen LogP contribution in [-0.2, 0) is 11.0 Å². The number of nitrogens with zero attached hydrogens (tertiary/aromatic N) is 2. The Morgan fingerprint density at radius 2 is 2.08 bits per heavy atom. The number of nitrogens with one attached hydrogen (secondary N) is 1. The van der Waals surface area contributed by atoms with Crippen molar-refractivity contribution in [1.82, 2.24) is 10.3 Å². The smallest absolute Gasteiger partial charge is 0.355 e. The highest BCUT2D eigenvalue weighted by Gasteiger charge is 2.37. The highest BCUT2D eigenvalue weighted by atomic mass is 19.4. The van der Waals surface area contributed by atoms with Crippen molar-refractivity contribution in [3.8, 4) is 0 Å². The normalized spacial score (nSPS) is 20.1. The third-order valence-electron chi connectivity index (χ3n) is 4.55. The van der Waals surface area contributed by atoms with Crippen molar-refractivity contribution in [2.75, 3.05) is 18.0 Å². The van der Waals surface area contributed by atoms with E-state index in [2.05, 4.69) is 10.3 Å². The van der Waals surface area contributed by atoms with Crippen molar-refractivity contribution in [3.05, 3.63) is 23.9 Å². The quantitative estimate of drug-likeness (QED) is 0.910. The van der Waals surface area contributed by atoms with E-state index in [1.54, 1.807) is 4.90 Å². The van der Waals surface area contributed by atoms with Crippen LogP contribution in [0.1, 0.15) is 39.2 Å². The van der Waals surface area contributed by atoms with Crippen LogP contribution in [0.25, 0.3) is 0 Å². The highest BCUT2D eigenvalue weighted by molar-refractivity contribution is 5.80. The summed E-state index contributed by atoms with van der Waals surface area (Å²) in [5, 5.41) is 2.96. The van der Waals surface area contributed by atoms with E-state index in [9.17, 15) is 18.0 Å². The first kappa shape index (κ1) is 18.5. The summed E-state index contributed by atoms with van der Waals surface area (Å²) >= 11 is 0. The number of carbonyl (C=O) groups is 1. The number of amides is 1. The lowest BCUT2D eigenvalue weighted by molar-refractivity contribution is -0.137. The fourth-order valence-electron chi connectivity index (χ4n) is 2.76. The molecule has 0 spiro atoms. The lowest BCUT2D eigenvalue weighted by Gasteiger charge is -2.34. The van der Waals surface area contributed by atoms with Gasteiger partial charge in [-0.05, 0) is 37.8 Å². The second kappa shape index (κ2) is 7.40. The van der Waals surface area contributed by atoms with Crippen molar-refractivity contribution in [1.29, 1.82) is 0 Å². The summed E-state index contributed by atoms with van der Waals surface area (Å²) in [6.07, 6.45) is -1.75. The number of halogens is 3. The Labute approximate surface area is 140 Å². The van der Waals surface area contributed by atoms with E-state index in [4.69, 9.17) is 0 Å². The minimum absolute atomic E-state index is 0.0356. The van der Waals surface area contributed by atoms with Gasteiger partial charge >= 0.3 is 6.18 Å². The molecular weight excluding hydrogens is 319 g/mol. The van der Waals surface area contributed by atoms with Crippen LogP contribution in [0, 0.1) is 11.8 Å². The summed E-state index contributed by atoms with van der Waals surface area (Å²) in [5.41, 5.74) is -0.749. The number of anilines is 1. The maximum atomic E-state index is 13.2. The Hall–Kier alpha value is -1.79. The predicted molar refractivity (Wildman–Crippen MR) is 86.6 cm³/mol. The summed E-state index contributed by atoms with van der Waals surface area (Å²) in [5.74, 6) is -0.186. The van der Waals surface area contributed by atoms with Crippen LogP contribution >= 0.6 is 0 Å². The first-order valence-electron chi connectivity index (χ1n) is 8.27. The molecule has 2 atom stereocenters. The Balaban J connectivity index is 2.13. The molecule has 1 aromatic heterocycles. The van der Waals surface area contributed by atoms with Crippen LogP contribution in [0.3, 0.4) is 0 Å². The van der Waals surface area contributed by atoms with E-state index < -0.39 is 11.7 Å². The Kier molecular flexibility index (Phi) is 5.72. The van der Waals surface area contributed by atoms with Crippen LogP contribution in [0.5, 0.6) is 0 Å². The zero-order valence-corrected chi connectivity index (χ0v) is 14.2. The van der Waals surface area contributed by atoms with Crippen LogP contribution in [0.4, 0.5) is 19.0 Å². The topological polar surface area (TPSA) is 45.2 Å². The number of hydrogen-bond acceptors (Lipinski definition) is 3. The van der Waals surface area contributed by atoms with Gasteiger partial charge in [0, 0.05) is 25.3 Å². The largest absolute Gasteiger partial charge is 0.419 e. The van der Waals surface area contributed by atoms with Crippen molar-refractivity contribution in [3.63, 3.8) is 0 Å². The van der Waals surface area contributed by atoms with E-state index in [-0.39, 0.29) is 30.2 Å². The minimum atomic E-state index is -4.45. The van der Waals surface area contributed by atoms with Gasteiger partial charge < -0.3 is 10.2 Å². The molecule has 2 heterocycles. The lowest BCUT2D eigenvalue weighted by Crippen LogP contribution is -2.47. The first-order chi connectivity index (χ1) is 11.2. The molecule has 0 aliphatic carbocycles. The fraction of sp³-hybridized carbons (Fsp3) is 0.647. The van der Waals surface area contributed by atoms with Crippen LogP contribution in [-0.4, -0.2) is 30.0 Å². The number of rotatable bonds is 4. The van der Waals surface area contributed by atoms with Gasteiger partial charge in [0.05, 0.1) is 11.5 Å². The minimum Gasteiger partial charge on any atom is -0.355 e. The number of pyridine rings is 1. The van der Waals surface area contributed by atoms with E-state index in [1.165, 1.54) is 12.3 Å². The van der Waals surface area contributed by atoms with Gasteiger partial charge in [-0.3, -0.25) is 4.79 Å². The molecule has 0 aromatic carbocycles. The standard InChI is InChI=1S/C17H24F3N3O/c1-11(2)12(3)22-16(24)13-6-5-9-23(10-13)15-14(17(18,19)20)7-4-8-21-15/h4,7-8,11-13H,5-6,9-10H2,1-3H3,(H,22,24). The lowest BCUT2D eigenvalue weighted by atomic mass is 9.95. The van der Waals surface area contributed by atoms with Gasteiger partial charge in [-0.15, -0.1) is 0 Å². The Morgan fingerprint density at radius 1 is 1.38 bits per heavy atom. The van der Waals surface area contributed by atoms with E-state index in [0.717, 1.165) is 6.07 Å². The van der Waals surface area contributed by atoms with Gasteiger partial charge in [0.2, 0.25) is 5.91 Å². The second-order valence-electron chi connectivity index (χ2n) is 6.70. The first-order valence-corrected chi connectivity index (χ1v) is 8.27. The van der Waals surface area contributed by atoms with E-state index in [0.29, 0.717) is 25.3 Å². The SMILES string of the molecule is CC(C)C(C)NC(=O)C1CCCN(c2ncccc2C(F)(F)F)C1. The van der Waals surface area contributed by atoms with Gasteiger partial charge in [-0.25, -0.2) is 4.98 Å². The summed E-state index contributed by atoms with van der Waals surface area (Å²) in [4.78, 5) is 17.9. The van der Waals surface area contributed by atoms with Gasteiger partial charge in [0.15, 0.2) is 0 Å². The number of piperidine rings is 1. The van der Waals surface area contributed by atoms with Gasteiger partial charge in [-0.2, -0.15) is 13.2 Å². The van der Waals surface area contributed by atoms with E-state index in [1.807, 2.05) is 20.8 Å². The van der Waals surface area contributed by atoms with Gasteiger partial charge in [-0.1, -0.05) is 13.8 Å². The molecule has 4 nitrogen and oxygen atoms in total. The molecule has 0 bridgehead atoms. The van der Waals surface area contributed by atoms with Crippen molar-refractivity contribution in [2.24, 2.45) is 11.8 Å². The van der Waals surface area contributed by atoms with Crippen LogP contribution in [0.15, 0.2) is 18.3 Å². The summed E-state index contributed by atoms with van der Waals surface area (Å²) < 4.78 is 39.5. The molecule has 2 unspecified atom stereocenters. The number of carbonyl (C=O) groups excluding carboxylic acids is 1. The Morgan fingerprint density at radius 3 is 2.71 bits per heavy atom. The Bertz CT molecular complexity index is 574. The summed E-state index contributed by atoms with van der Waals surface area (Å²) in [7, 11) is 0. The molecule has 2 rings (SSSR count). The number of alkyl halides is 3. The third kappa shape index (κ3) is 4.39. The maximum absolute atomic E-state index is 13.2. The number of aromatic nitrogens is 1. The maximum Gasteiger partial charge on any atom is 0.419 e. The van der Waals surface area contributed by atoms with Crippen molar-refractivity contribution >= 4 is 11.7 Å². The predicted octanol–water partition coefficient (Wildman–Crippen LogP) is 3.48. The molecule has 1 amide bonds. The van der Waals surface area contributed by atoms with E-state index >= 15 is 0 Å². The monoisotopic (exact) mass is 343 g/mol. The van der Waals surface area contributed by atoms with Crippen molar-refractivity contribution < 1.29 is 18.0 Å². The molecule has 1 N–H and O–H groups in total. The molecule has 24 heavy (non-hydrogen) atoms. The summed E-state index contributed by atoms with van der Waals surface area (Å²) in [6, 6.07) is 2.35. The second-order valence-corrected chi connectivity index (χ2v) is 6.70. The molecule has 0 saturated carbocycles. The fourth-order valence-corrected chi connectivity index (χ4v) is 2.76. The molecule has 1 saturated heterocycles. The molecule has 0 radical (unpaired) electrons. The molecular formula is C17H24F3N3O. The van der Waals surface area contributed by atoms with Crippen LogP contribution < -0.4 is 10.2 Å². The van der Waals surface area contributed by atoms with Crippen molar-refractivity contribution in [2.45, 2.75) is 45.8 Å². The molecule has 1 aliphatic heterocycles. The van der Waals surface area contributed by atoms with Gasteiger partial charge in [0.25, 0.3) is 0 Å². The third-order valence-corrected chi connectivity index (χ3v) is 4.55. The summed E-state index contributed by atoms with van der Waals surface area (Å²) in [6.45, 7) is 6.70. The average molecular weight is 343 g/mol. The molecule has 7 heteroatoms. The molecule has 1 aromatic rings. The zero-order valence-electron chi connectivity index (χ0n) is 14.2. The molecule has 1 fully saturated rings.